The number of rotatable bonds is 9. The lowest BCUT2D eigenvalue weighted by atomic mass is 10.3. The number of nitrogens with zero attached hydrogens (tertiary/aromatic N) is 3. The molecule has 0 saturated heterocycles. The van der Waals surface area contributed by atoms with Crippen LogP contribution in [0.4, 0.5) is 11.4 Å². The van der Waals surface area contributed by atoms with Crippen LogP contribution < -0.4 is 15.4 Å². The number of amides is 2. The van der Waals surface area contributed by atoms with Gasteiger partial charge in [0.2, 0.25) is 11.8 Å². The summed E-state index contributed by atoms with van der Waals surface area (Å²) in [5.41, 5.74) is 1.27. The van der Waals surface area contributed by atoms with Crippen LogP contribution in [0.1, 0.15) is 12.7 Å². The standard InChI is InChI=1S/C21H22ClN5O3S/c1-3-30-17-7-5-4-6-16(17)24-20(29)13-31-21-26-25-18(27(21)2)12-19(28)23-15-10-8-14(22)9-11-15/h4-11H,3,12-13H2,1-2H3,(H,23,28)(H,24,29). The van der Waals surface area contributed by atoms with Crippen LogP contribution in [0.3, 0.4) is 0 Å². The summed E-state index contributed by atoms with van der Waals surface area (Å²) in [4.78, 5) is 24.6. The van der Waals surface area contributed by atoms with Gasteiger partial charge in [0.1, 0.15) is 11.6 Å². The monoisotopic (exact) mass is 459 g/mol. The molecular formula is C21H22ClN5O3S. The van der Waals surface area contributed by atoms with Crippen molar-refractivity contribution in [1.82, 2.24) is 14.8 Å². The van der Waals surface area contributed by atoms with Gasteiger partial charge in [0.15, 0.2) is 5.16 Å². The average Bonchev–Trinajstić information content (AvgIpc) is 3.09. The molecule has 0 aliphatic carbocycles. The number of halogens is 1. The van der Waals surface area contributed by atoms with E-state index < -0.39 is 0 Å². The smallest absolute Gasteiger partial charge is 0.234 e. The molecule has 1 aromatic heterocycles. The molecule has 0 bridgehead atoms. The van der Waals surface area contributed by atoms with Gasteiger partial charge in [-0.05, 0) is 43.3 Å². The Morgan fingerprint density at radius 3 is 2.55 bits per heavy atom. The molecule has 0 radical (unpaired) electrons. The molecule has 31 heavy (non-hydrogen) atoms. The first-order valence-corrected chi connectivity index (χ1v) is 10.9. The number of carbonyl (C=O) groups is 2. The third-order valence-corrected chi connectivity index (χ3v) is 5.44. The van der Waals surface area contributed by atoms with Crippen LogP contribution in [-0.4, -0.2) is 38.9 Å². The molecule has 0 spiro atoms. The highest BCUT2D eigenvalue weighted by atomic mass is 35.5. The van der Waals surface area contributed by atoms with Crippen LogP contribution in [0, 0.1) is 0 Å². The molecule has 2 amide bonds. The van der Waals surface area contributed by atoms with E-state index in [9.17, 15) is 9.59 Å². The number of ether oxygens (including phenoxy) is 1. The molecule has 0 aliphatic rings. The van der Waals surface area contributed by atoms with Crippen LogP contribution in [0.25, 0.3) is 0 Å². The summed E-state index contributed by atoms with van der Waals surface area (Å²) in [6, 6.07) is 14.1. The van der Waals surface area contributed by atoms with Crippen molar-refractivity contribution < 1.29 is 14.3 Å². The van der Waals surface area contributed by atoms with Crippen molar-refractivity contribution in [2.45, 2.75) is 18.5 Å². The summed E-state index contributed by atoms with van der Waals surface area (Å²) in [5, 5.41) is 14.9. The Bertz CT molecular complexity index is 1060. The quantitative estimate of drug-likeness (QED) is 0.472. The maximum atomic E-state index is 12.3. The Labute approximate surface area is 189 Å². The summed E-state index contributed by atoms with van der Waals surface area (Å²) in [5.74, 6) is 0.845. The highest BCUT2D eigenvalue weighted by molar-refractivity contribution is 7.99. The van der Waals surface area contributed by atoms with Crippen LogP contribution in [0.5, 0.6) is 5.75 Å². The molecule has 0 saturated carbocycles. The zero-order valence-corrected chi connectivity index (χ0v) is 18.7. The number of nitrogens with one attached hydrogen (secondary N) is 2. The largest absolute Gasteiger partial charge is 0.492 e. The van der Waals surface area contributed by atoms with Gasteiger partial charge in [-0.1, -0.05) is 35.5 Å². The second-order valence-corrected chi connectivity index (χ2v) is 7.83. The molecule has 0 unspecified atom stereocenters. The fourth-order valence-corrected chi connectivity index (χ4v) is 3.53. The van der Waals surface area contributed by atoms with Gasteiger partial charge >= 0.3 is 0 Å². The molecule has 3 aromatic rings. The van der Waals surface area contributed by atoms with Gasteiger partial charge in [0.25, 0.3) is 0 Å². The van der Waals surface area contributed by atoms with E-state index in [4.69, 9.17) is 16.3 Å². The van der Waals surface area contributed by atoms with E-state index in [1.165, 1.54) is 11.8 Å². The van der Waals surface area contributed by atoms with Crippen molar-refractivity contribution in [3.05, 3.63) is 59.4 Å². The van der Waals surface area contributed by atoms with Crippen molar-refractivity contribution in [3.8, 4) is 5.75 Å². The molecule has 0 aliphatic heterocycles. The van der Waals surface area contributed by atoms with Crippen LogP contribution in [0.2, 0.25) is 5.02 Å². The number of anilines is 2. The Balaban J connectivity index is 1.53. The molecule has 2 aromatic carbocycles. The maximum Gasteiger partial charge on any atom is 0.234 e. The van der Waals surface area contributed by atoms with Gasteiger partial charge in [-0.2, -0.15) is 0 Å². The van der Waals surface area contributed by atoms with Gasteiger partial charge in [-0.3, -0.25) is 9.59 Å². The minimum Gasteiger partial charge on any atom is -0.492 e. The number of hydrogen-bond donors (Lipinski definition) is 2. The van der Waals surface area contributed by atoms with Crippen LogP contribution in [-0.2, 0) is 23.1 Å². The molecule has 8 nitrogen and oxygen atoms in total. The number of aromatic nitrogens is 3. The van der Waals surface area contributed by atoms with E-state index in [2.05, 4.69) is 20.8 Å². The minimum absolute atomic E-state index is 0.0562. The van der Waals surface area contributed by atoms with Gasteiger partial charge in [-0.25, -0.2) is 0 Å². The second kappa shape index (κ2) is 10.8. The van der Waals surface area contributed by atoms with E-state index in [0.717, 1.165) is 0 Å². The molecule has 10 heteroatoms. The Kier molecular flexibility index (Phi) is 7.91. The molecule has 0 fully saturated rings. The SMILES string of the molecule is CCOc1ccccc1NC(=O)CSc1nnc(CC(=O)Nc2ccc(Cl)cc2)n1C. The normalized spacial score (nSPS) is 10.5. The first-order valence-electron chi connectivity index (χ1n) is 9.54. The predicted molar refractivity (Wildman–Crippen MR) is 122 cm³/mol. The number of hydrogen-bond acceptors (Lipinski definition) is 6. The predicted octanol–water partition coefficient (Wildman–Crippen LogP) is 3.78. The lowest BCUT2D eigenvalue weighted by molar-refractivity contribution is -0.116. The third kappa shape index (κ3) is 6.47. The second-order valence-electron chi connectivity index (χ2n) is 6.46. The molecule has 1 heterocycles. The number of carbonyl (C=O) groups excluding carboxylic acids is 2. The maximum absolute atomic E-state index is 12.3. The summed E-state index contributed by atoms with van der Waals surface area (Å²) in [6.45, 7) is 2.39. The average molecular weight is 460 g/mol. The zero-order chi connectivity index (χ0) is 22.2. The van der Waals surface area contributed by atoms with Gasteiger partial charge in [0.05, 0.1) is 24.5 Å². The lowest BCUT2D eigenvalue weighted by Gasteiger charge is -2.11. The molecule has 2 N–H and O–H groups in total. The molecule has 162 valence electrons. The third-order valence-electron chi connectivity index (χ3n) is 4.17. The van der Waals surface area contributed by atoms with Gasteiger partial charge < -0.3 is 19.9 Å². The van der Waals surface area contributed by atoms with E-state index in [1.54, 1.807) is 48.0 Å². The zero-order valence-electron chi connectivity index (χ0n) is 17.1. The van der Waals surface area contributed by atoms with E-state index in [-0.39, 0.29) is 24.0 Å². The van der Waals surface area contributed by atoms with Crippen molar-refractivity contribution in [2.75, 3.05) is 23.0 Å². The van der Waals surface area contributed by atoms with E-state index >= 15 is 0 Å². The topological polar surface area (TPSA) is 98.1 Å². The highest BCUT2D eigenvalue weighted by Crippen LogP contribution is 2.24. The molecule has 3 rings (SSSR count). The van der Waals surface area contributed by atoms with Crippen LogP contribution >= 0.6 is 23.4 Å². The summed E-state index contributed by atoms with van der Waals surface area (Å²) in [7, 11) is 1.76. The first-order chi connectivity index (χ1) is 15.0. The Morgan fingerprint density at radius 1 is 1.06 bits per heavy atom. The molecule has 0 atom stereocenters. The number of benzene rings is 2. The molecular weight excluding hydrogens is 438 g/mol. The fraction of sp³-hybridized carbons (Fsp3) is 0.238. The van der Waals surface area contributed by atoms with E-state index in [0.29, 0.717) is 39.7 Å². The number of thioether (sulfide) groups is 1. The summed E-state index contributed by atoms with van der Waals surface area (Å²) >= 11 is 7.09. The highest BCUT2D eigenvalue weighted by Gasteiger charge is 2.15. The minimum atomic E-state index is -0.223. The van der Waals surface area contributed by atoms with Gasteiger partial charge in [-0.15, -0.1) is 10.2 Å². The van der Waals surface area contributed by atoms with E-state index in [1.807, 2.05) is 19.1 Å². The van der Waals surface area contributed by atoms with Crippen LogP contribution in [0.15, 0.2) is 53.7 Å². The number of para-hydroxylation sites is 2. The van der Waals surface area contributed by atoms with Crippen molar-refractivity contribution in [2.24, 2.45) is 7.05 Å². The Morgan fingerprint density at radius 2 is 1.81 bits per heavy atom. The fourth-order valence-electron chi connectivity index (χ4n) is 2.67. The lowest BCUT2D eigenvalue weighted by Crippen LogP contribution is -2.17. The first kappa shape index (κ1) is 22.6. The summed E-state index contributed by atoms with van der Waals surface area (Å²) < 4.78 is 7.22. The van der Waals surface area contributed by atoms with Crippen molar-refractivity contribution in [1.29, 1.82) is 0 Å². The van der Waals surface area contributed by atoms with Gasteiger partial charge in [0, 0.05) is 17.8 Å². The summed E-state index contributed by atoms with van der Waals surface area (Å²) in [6.07, 6.45) is 0.0562. The van der Waals surface area contributed by atoms with Crippen molar-refractivity contribution >= 4 is 46.6 Å². The van der Waals surface area contributed by atoms with Crippen molar-refractivity contribution in [3.63, 3.8) is 0 Å². The Hall–Kier alpha value is -3.04.